The summed E-state index contributed by atoms with van der Waals surface area (Å²) in [6.07, 6.45) is 3.02. The Hall–Kier alpha value is -2.95. The second kappa shape index (κ2) is 7.17. The minimum atomic E-state index is -0.492. The Balaban J connectivity index is 2.19. The van der Waals surface area contributed by atoms with Crippen LogP contribution in [0, 0.1) is 10.1 Å². The highest BCUT2D eigenvalue weighted by atomic mass is 16.6. The van der Waals surface area contributed by atoms with Crippen LogP contribution in [0.5, 0.6) is 0 Å². The molecule has 2 aromatic rings. The van der Waals surface area contributed by atoms with Crippen molar-refractivity contribution in [3.05, 3.63) is 81.9 Å². The van der Waals surface area contributed by atoms with Crippen LogP contribution >= 0.6 is 0 Å². The molecule has 0 radical (unpaired) electrons. The third-order valence-corrected chi connectivity index (χ3v) is 2.99. The lowest BCUT2D eigenvalue weighted by Gasteiger charge is -2.13. The summed E-state index contributed by atoms with van der Waals surface area (Å²) in [6, 6.07) is 15.5. The van der Waals surface area contributed by atoms with Crippen molar-refractivity contribution in [3.63, 3.8) is 0 Å². The molecule has 5 heteroatoms. The van der Waals surface area contributed by atoms with E-state index in [2.05, 4.69) is 0 Å². The molecule has 0 N–H and O–H groups in total. The molecule has 1 unspecified atom stereocenters. The van der Waals surface area contributed by atoms with Crippen molar-refractivity contribution in [3.8, 4) is 0 Å². The van der Waals surface area contributed by atoms with Gasteiger partial charge in [-0.2, -0.15) is 0 Å². The number of carbonyl (C=O) groups excluding carboxylic acids is 1. The Morgan fingerprint density at radius 1 is 1.14 bits per heavy atom. The van der Waals surface area contributed by atoms with Gasteiger partial charge in [-0.15, -0.1) is 0 Å². The Morgan fingerprint density at radius 2 is 1.77 bits per heavy atom. The van der Waals surface area contributed by atoms with Gasteiger partial charge in [-0.25, -0.2) is 0 Å². The first-order valence-corrected chi connectivity index (χ1v) is 6.71. The highest BCUT2D eigenvalue weighted by Crippen LogP contribution is 2.21. The average molecular weight is 297 g/mol. The van der Waals surface area contributed by atoms with Crippen LogP contribution in [0.25, 0.3) is 6.08 Å². The van der Waals surface area contributed by atoms with Crippen LogP contribution in [0.3, 0.4) is 0 Å². The molecule has 0 saturated carbocycles. The van der Waals surface area contributed by atoms with Crippen LogP contribution in [0.4, 0.5) is 5.69 Å². The first kappa shape index (κ1) is 15.4. The van der Waals surface area contributed by atoms with Crippen molar-refractivity contribution < 1.29 is 14.5 Å². The Labute approximate surface area is 128 Å². The maximum Gasteiger partial charge on any atom is 0.303 e. The molecule has 5 nitrogen and oxygen atoms in total. The fourth-order valence-electron chi connectivity index (χ4n) is 1.95. The van der Waals surface area contributed by atoms with E-state index in [1.807, 2.05) is 30.3 Å². The van der Waals surface area contributed by atoms with E-state index < -0.39 is 11.0 Å². The fourth-order valence-corrected chi connectivity index (χ4v) is 1.95. The molecule has 2 rings (SSSR count). The summed E-state index contributed by atoms with van der Waals surface area (Å²) in [6.45, 7) is 1.36. The number of nitrogens with zero attached hydrogens (tertiary/aromatic N) is 1. The van der Waals surface area contributed by atoms with Gasteiger partial charge in [-0.1, -0.05) is 36.4 Å². The van der Waals surface area contributed by atoms with Crippen molar-refractivity contribution in [2.45, 2.75) is 13.0 Å². The van der Waals surface area contributed by atoms with Crippen molar-refractivity contribution in [2.75, 3.05) is 0 Å². The number of rotatable bonds is 5. The predicted molar refractivity (Wildman–Crippen MR) is 83.1 cm³/mol. The van der Waals surface area contributed by atoms with Crippen molar-refractivity contribution in [1.82, 2.24) is 0 Å². The topological polar surface area (TPSA) is 69.4 Å². The van der Waals surface area contributed by atoms with Gasteiger partial charge in [0.05, 0.1) is 4.92 Å². The van der Waals surface area contributed by atoms with E-state index in [0.717, 1.165) is 11.1 Å². The lowest BCUT2D eigenvalue weighted by Crippen LogP contribution is -2.05. The van der Waals surface area contributed by atoms with Crippen LogP contribution in [0.2, 0.25) is 0 Å². The molecule has 2 aromatic carbocycles. The van der Waals surface area contributed by atoms with E-state index in [4.69, 9.17) is 4.74 Å². The molecule has 0 saturated heterocycles. The number of carbonyl (C=O) groups is 1. The van der Waals surface area contributed by atoms with Gasteiger partial charge in [0.2, 0.25) is 0 Å². The minimum Gasteiger partial charge on any atom is -0.453 e. The monoisotopic (exact) mass is 297 g/mol. The van der Waals surface area contributed by atoms with Gasteiger partial charge in [-0.05, 0) is 29.3 Å². The second-order valence-electron chi connectivity index (χ2n) is 4.65. The number of nitro groups is 1. The fraction of sp³-hybridized carbons (Fsp3) is 0.118. The minimum absolute atomic E-state index is 0.0387. The van der Waals surface area contributed by atoms with Crippen LogP contribution in [-0.2, 0) is 9.53 Å². The molecule has 0 amide bonds. The zero-order valence-corrected chi connectivity index (χ0v) is 12.0. The third-order valence-electron chi connectivity index (χ3n) is 2.99. The molecular weight excluding hydrogens is 282 g/mol. The first-order chi connectivity index (χ1) is 10.6. The van der Waals surface area contributed by atoms with Gasteiger partial charge in [-0.3, -0.25) is 14.9 Å². The molecule has 0 heterocycles. The van der Waals surface area contributed by atoms with E-state index in [-0.39, 0.29) is 11.7 Å². The van der Waals surface area contributed by atoms with Gasteiger partial charge in [0.1, 0.15) is 6.10 Å². The van der Waals surface area contributed by atoms with Crippen LogP contribution in [0.15, 0.2) is 60.7 Å². The van der Waals surface area contributed by atoms with Gasteiger partial charge < -0.3 is 4.74 Å². The van der Waals surface area contributed by atoms with Gasteiger partial charge >= 0.3 is 5.97 Å². The quantitative estimate of drug-likeness (QED) is 0.476. The summed E-state index contributed by atoms with van der Waals surface area (Å²) in [5, 5.41) is 10.6. The average Bonchev–Trinajstić information content (AvgIpc) is 2.52. The third kappa shape index (κ3) is 4.28. The molecule has 0 aliphatic carbocycles. The molecule has 0 aliphatic rings. The molecule has 0 bridgehead atoms. The molecule has 1 atom stereocenters. The maximum atomic E-state index is 11.2. The van der Waals surface area contributed by atoms with Gasteiger partial charge in [0.15, 0.2) is 0 Å². The summed E-state index contributed by atoms with van der Waals surface area (Å²) in [5.74, 6) is -0.373. The molecule has 0 fully saturated rings. The van der Waals surface area contributed by atoms with Crippen LogP contribution in [-0.4, -0.2) is 10.9 Å². The number of ether oxygens (including phenoxy) is 1. The largest absolute Gasteiger partial charge is 0.453 e. The molecule has 0 aliphatic heterocycles. The molecule has 112 valence electrons. The molecule has 0 spiro atoms. The lowest BCUT2D eigenvalue weighted by molar-refractivity contribution is -0.384. The number of esters is 1. The van der Waals surface area contributed by atoms with Crippen LogP contribution < -0.4 is 0 Å². The van der Waals surface area contributed by atoms with Gasteiger partial charge in [0.25, 0.3) is 5.69 Å². The lowest BCUT2D eigenvalue weighted by atomic mass is 10.1. The summed E-state index contributed by atoms with van der Waals surface area (Å²) >= 11 is 0. The van der Waals surface area contributed by atoms with Crippen molar-refractivity contribution in [2.24, 2.45) is 0 Å². The van der Waals surface area contributed by atoms with E-state index in [0.29, 0.717) is 0 Å². The first-order valence-electron chi connectivity index (χ1n) is 6.71. The van der Waals surface area contributed by atoms with Crippen molar-refractivity contribution >= 4 is 17.7 Å². The highest BCUT2D eigenvalue weighted by molar-refractivity contribution is 5.67. The normalized spacial score (nSPS) is 12.0. The van der Waals surface area contributed by atoms with E-state index >= 15 is 0 Å². The number of nitro benzene ring substituents is 1. The molecular formula is C17H15NO4. The number of hydrogen-bond acceptors (Lipinski definition) is 4. The van der Waals surface area contributed by atoms with Crippen molar-refractivity contribution in [1.29, 1.82) is 0 Å². The Kier molecular flexibility index (Phi) is 5.03. The summed E-state index contributed by atoms with van der Waals surface area (Å²) in [4.78, 5) is 21.4. The Bertz CT molecular complexity index is 678. The van der Waals surface area contributed by atoms with Gasteiger partial charge in [0, 0.05) is 19.1 Å². The predicted octanol–water partition coefficient (Wildman–Crippen LogP) is 3.91. The second-order valence-corrected chi connectivity index (χ2v) is 4.65. The Morgan fingerprint density at radius 3 is 2.32 bits per heavy atom. The smallest absolute Gasteiger partial charge is 0.303 e. The molecule has 22 heavy (non-hydrogen) atoms. The number of non-ortho nitro benzene ring substituents is 1. The van der Waals surface area contributed by atoms with E-state index in [1.165, 1.54) is 19.1 Å². The zero-order valence-electron chi connectivity index (χ0n) is 12.0. The summed E-state index contributed by atoms with van der Waals surface area (Å²) < 4.78 is 5.29. The SMILES string of the molecule is CC(=O)OC(/C=C/c1ccc([N+](=O)[O-])cc1)c1ccccc1. The maximum absolute atomic E-state index is 11.2. The highest BCUT2D eigenvalue weighted by Gasteiger charge is 2.10. The summed E-state index contributed by atoms with van der Waals surface area (Å²) in [7, 11) is 0. The summed E-state index contributed by atoms with van der Waals surface area (Å²) in [5.41, 5.74) is 1.69. The van der Waals surface area contributed by atoms with E-state index in [1.54, 1.807) is 24.3 Å². The molecule has 0 aromatic heterocycles. The van der Waals surface area contributed by atoms with Crippen LogP contribution in [0.1, 0.15) is 24.2 Å². The standard InChI is InChI=1S/C17H15NO4/c1-13(19)22-17(15-5-3-2-4-6-15)12-9-14-7-10-16(11-8-14)18(20)21/h2-12,17H,1H3/b12-9+. The number of hydrogen-bond donors (Lipinski definition) is 0. The number of benzene rings is 2. The zero-order chi connectivity index (χ0) is 15.9. The van der Waals surface area contributed by atoms with E-state index in [9.17, 15) is 14.9 Å².